The molecule has 0 amide bonds. The van der Waals surface area contributed by atoms with Crippen molar-refractivity contribution in [2.75, 3.05) is 13.1 Å². The van der Waals surface area contributed by atoms with Crippen LogP contribution in [-0.4, -0.2) is 22.9 Å². The van der Waals surface area contributed by atoms with E-state index in [1.165, 1.54) is 23.7 Å². The summed E-state index contributed by atoms with van der Waals surface area (Å²) in [6, 6.07) is 1.00. The molecule has 1 N–H and O–H groups in total. The summed E-state index contributed by atoms with van der Waals surface area (Å²) in [7, 11) is 0. The molecular weight excluding hydrogens is 219 g/mol. The second-order valence-electron chi connectivity index (χ2n) is 4.11. The molecule has 1 aliphatic rings. The highest BCUT2D eigenvalue weighted by atomic mass is 19.4. The van der Waals surface area contributed by atoms with Crippen LogP contribution in [0.3, 0.4) is 0 Å². The van der Waals surface area contributed by atoms with Crippen molar-refractivity contribution in [2.45, 2.75) is 25.6 Å². The Kier molecular flexibility index (Phi) is 3.18. The van der Waals surface area contributed by atoms with E-state index in [1.807, 2.05) is 0 Å². The predicted octanol–water partition coefficient (Wildman–Crippen LogP) is 1.90. The minimum atomic E-state index is -4.34. The first kappa shape index (κ1) is 11.4. The van der Waals surface area contributed by atoms with Crippen molar-refractivity contribution >= 4 is 0 Å². The molecule has 0 aromatic carbocycles. The molecule has 0 saturated heterocycles. The van der Waals surface area contributed by atoms with Gasteiger partial charge in [-0.1, -0.05) is 0 Å². The topological polar surface area (TPSA) is 29.9 Å². The van der Waals surface area contributed by atoms with Crippen LogP contribution < -0.4 is 5.32 Å². The Morgan fingerprint density at radius 2 is 2.19 bits per heavy atom. The molecule has 0 spiro atoms. The molecule has 0 radical (unpaired) electrons. The third-order valence-electron chi connectivity index (χ3n) is 2.58. The van der Waals surface area contributed by atoms with E-state index in [0.29, 0.717) is 13.1 Å². The van der Waals surface area contributed by atoms with Gasteiger partial charge in [0.1, 0.15) is 0 Å². The molecule has 0 bridgehead atoms. The summed E-state index contributed by atoms with van der Waals surface area (Å²) < 4.78 is 38.0. The largest absolute Gasteiger partial charge is 0.435 e. The fourth-order valence-corrected chi connectivity index (χ4v) is 1.46. The average Bonchev–Trinajstić information content (AvgIpc) is 2.88. The highest BCUT2D eigenvalue weighted by Crippen LogP contribution is 2.28. The number of nitrogens with one attached hydrogen (secondary N) is 1. The van der Waals surface area contributed by atoms with Gasteiger partial charge in [-0.15, -0.1) is 0 Å². The van der Waals surface area contributed by atoms with Gasteiger partial charge >= 0.3 is 6.18 Å². The molecule has 1 aromatic heterocycles. The fourth-order valence-electron chi connectivity index (χ4n) is 1.46. The first-order valence-corrected chi connectivity index (χ1v) is 5.37. The standard InChI is InChI=1S/C10H14F3N3/c11-10(12,13)9-3-5-16(15-9)6-4-14-7-8-1-2-8/h3,5,8,14H,1-2,4,6-7H2. The zero-order valence-electron chi connectivity index (χ0n) is 8.80. The van der Waals surface area contributed by atoms with Crippen LogP contribution in [0.25, 0.3) is 0 Å². The van der Waals surface area contributed by atoms with Gasteiger partial charge in [0.05, 0.1) is 6.54 Å². The van der Waals surface area contributed by atoms with Crippen molar-refractivity contribution in [3.63, 3.8) is 0 Å². The van der Waals surface area contributed by atoms with Gasteiger partial charge in [-0.3, -0.25) is 4.68 Å². The minimum absolute atomic E-state index is 0.475. The highest BCUT2D eigenvalue weighted by molar-refractivity contribution is 5.03. The monoisotopic (exact) mass is 233 g/mol. The van der Waals surface area contributed by atoms with Crippen molar-refractivity contribution < 1.29 is 13.2 Å². The number of hydrogen-bond donors (Lipinski definition) is 1. The molecule has 16 heavy (non-hydrogen) atoms. The van der Waals surface area contributed by atoms with Crippen LogP contribution in [0.1, 0.15) is 18.5 Å². The zero-order valence-corrected chi connectivity index (χ0v) is 8.80. The lowest BCUT2D eigenvalue weighted by molar-refractivity contribution is -0.141. The molecule has 0 unspecified atom stereocenters. The van der Waals surface area contributed by atoms with Crippen LogP contribution in [0.5, 0.6) is 0 Å². The van der Waals surface area contributed by atoms with Crippen molar-refractivity contribution in [3.05, 3.63) is 18.0 Å². The van der Waals surface area contributed by atoms with E-state index in [9.17, 15) is 13.2 Å². The van der Waals surface area contributed by atoms with E-state index in [-0.39, 0.29) is 0 Å². The van der Waals surface area contributed by atoms with Gasteiger partial charge in [-0.25, -0.2) is 0 Å². The number of alkyl halides is 3. The van der Waals surface area contributed by atoms with Gasteiger partial charge in [0.15, 0.2) is 5.69 Å². The molecule has 3 nitrogen and oxygen atoms in total. The molecule has 0 atom stereocenters. The maximum atomic E-state index is 12.2. The fraction of sp³-hybridized carbons (Fsp3) is 0.700. The van der Waals surface area contributed by atoms with Crippen LogP contribution in [0, 0.1) is 5.92 Å². The smallest absolute Gasteiger partial charge is 0.315 e. The van der Waals surface area contributed by atoms with Crippen LogP contribution in [-0.2, 0) is 12.7 Å². The van der Waals surface area contributed by atoms with E-state index >= 15 is 0 Å². The first-order chi connectivity index (χ1) is 7.55. The normalized spacial score (nSPS) is 16.7. The van der Waals surface area contributed by atoms with Crippen molar-refractivity contribution in [1.29, 1.82) is 0 Å². The molecule has 0 aliphatic heterocycles. The summed E-state index contributed by atoms with van der Waals surface area (Å²) in [5.74, 6) is 0.781. The summed E-state index contributed by atoms with van der Waals surface area (Å²) in [6.07, 6.45) is -0.436. The molecule has 1 aliphatic carbocycles. The maximum Gasteiger partial charge on any atom is 0.435 e. The summed E-state index contributed by atoms with van der Waals surface area (Å²) in [5, 5.41) is 6.67. The van der Waals surface area contributed by atoms with Gasteiger partial charge in [-0.05, 0) is 31.4 Å². The Morgan fingerprint density at radius 1 is 1.44 bits per heavy atom. The number of nitrogens with zero attached hydrogens (tertiary/aromatic N) is 2. The Labute approximate surface area is 91.6 Å². The average molecular weight is 233 g/mol. The highest BCUT2D eigenvalue weighted by Gasteiger charge is 2.33. The lowest BCUT2D eigenvalue weighted by Crippen LogP contribution is -2.22. The molecule has 2 rings (SSSR count). The minimum Gasteiger partial charge on any atom is -0.315 e. The Hall–Kier alpha value is -1.04. The van der Waals surface area contributed by atoms with Crippen molar-refractivity contribution in [3.8, 4) is 0 Å². The SMILES string of the molecule is FC(F)(F)c1ccn(CCNCC2CC2)n1. The second kappa shape index (κ2) is 4.45. The summed E-state index contributed by atoms with van der Waals surface area (Å²) >= 11 is 0. The van der Waals surface area contributed by atoms with E-state index < -0.39 is 11.9 Å². The van der Waals surface area contributed by atoms with Gasteiger partial charge < -0.3 is 5.32 Å². The molecule has 1 saturated carbocycles. The summed E-state index contributed by atoms with van der Waals surface area (Å²) in [6.45, 7) is 2.10. The Morgan fingerprint density at radius 3 is 2.75 bits per heavy atom. The number of aromatic nitrogens is 2. The maximum absolute atomic E-state index is 12.2. The number of rotatable bonds is 5. The molecular formula is C10H14F3N3. The lowest BCUT2D eigenvalue weighted by atomic mass is 10.4. The summed E-state index contributed by atoms with van der Waals surface area (Å²) in [4.78, 5) is 0. The van der Waals surface area contributed by atoms with E-state index in [0.717, 1.165) is 18.5 Å². The van der Waals surface area contributed by atoms with Crippen LogP contribution in [0.2, 0.25) is 0 Å². The van der Waals surface area contributed by atoms with Gasteiger partial charge in [-0.2, -0.15) is 18.3 Å². The molecule has 1 aromatic rings. The van der Waals surface area contributed by atoms with Gasteiger partial charge in [0.25, 0.3) is 0 Å². The Bertz CT molecular complexity index is 341. The Balaban J connectivity index is 1.73. The molecule has 90 valence electrons. The van der Waals surface area contributed by atoms with E-state index in [1.54, 1.807) is 0 Å². The third-order valence-corrected chi connectivity index (χ3v) is 2.58. The van der Waals surface area contributed by atoms with E-state index in [4.69, 9.17) is 0 Å². The summed E-state index contributed by atoms with van der Waals surface area (Å²) in [5.41, 5.74) is -0.824. The van der Waals surface area contributed by atoms with Gasteiger partial charge in [0.2, 0.25) is 0 Å². The second-order valence-corrected chi connectivity index (χ2v) is 4.11. The van der Waals surface area contributed by atoms with Gasteiger partial charge in [0, 0.05) is 12.7 Å². The number of halogens is 3. The number of hydrogen-bond acceptors (Lipinski definition) is 2. The lowest BCUT2D eigenvalue weighted by Gasteiger charge is -2.04. The molecule has 1 fully saturated rings. The van der Waals surface area contributed by atoms with Crippen molar-refractivity contribution in [2.24, 2.45) is 5.92 Å². The van der Waals surface area contributed by atoms with E-state index in [2.05, 4.69) is 10.4 Å². The molecule has 6 heteroatoms. The third kappa shape index (κ3) is 3.23. The van der Waals surface area contributed by atoms with Crippen LogP contribution in [0.15, 0.2) is 12.3 Å². The molecule has 1 heterocycles. The van der Waals surface area contributed by atoms with Crippen LogP contribution in [0.4, 0.5) is 13.2 Å². The van der Waals surface area contributed by atoms with Crippen LogP contribution >= 0.6 is 0 Å². The zero-order chi connectivity index (χ0) is 11.6. The van der Waals surface area contributed by atoms with Crippen molar-refractivity contribution in [1.82, 2.24) is 15.1 Å². The first-order valence-electron chi connectivity index (χ1n) is 5.37. The quantitative estimate of drug-likeness (QED) is 0.787. The predicted molar refractivity (Wildman–Crippen MR) is 52.8 cm³/mol.